The molecule has 0 radical (unpaired) electrons. The van der Waals surface area contributed by atoms with Crippen LogP contribution in [0.4, 0.5) is 4.39 Å². The second-order valence-electron chi connectivity index (χ2n) is 13.9. The summed E-state index contributed by atoms with van der Waals surface area (Å²) in [5.74, 6) is 1.59. The first-order valence-electron chi connectivity index (χ1n) is 15.6. The fourth-order valence-corrected chi connectivity index (χ4v) is 9.40. The molecule has 3 nitrogen and oxygen atoms in total. The van der Waals surface area contributed by atoms with Crippen molar-refractivity contribution in [2.75, 3.05) is 0 Å². The van der Waals surface area contributed by atoms with Gasteiger partial charge in [0.15, 0.2) is 0 Å². The lowest BCUT2D eigenvalue weighted by atomic mass is 9.61. The molecule has 8 atom stereocenters. The Kier molecular flexibility index (Phi) is 6.32. The predicted molar refractivity (Wildman–Crippen MR) is 154 cm³/mol. The number of ether oxygens (including phenoxy) is 1. The molecule has 5 aliphatic rings. The lowest BCUT2D eigenvalue weighted by molar-refractivity contribution is -0.125. The first-order chi connectivity index (χ1) is 18.8. The topological polar surface area (TPSA) is 42.4 Å². The molecule has 3 saturated carbocycles. The molecule has 0 spiro atoms. The minimum atomic E-state index is -0.827. The Morgan fingerprint density at radius 2 is 2.00 bits per heavy atom. The molecule has 7 rings (SSSR count). The van der Waals surface area contributed by atoms with Gasteiger partial charge in [-0.05, 0) is 128 Å². The van der Waals surface area contributed by atoms with Gasteiger partial charge in [-0.25, -0.2) is 4.39 Å². The highest BCUT2D eigenvalue weighted by atomic mass is 19.1. The van der Waals surface area contributed by atoms with Crippen LogP contribution in [-0.2, 0) is 4.74 Å². The van der Waals surface area contributed by atoms with E-state index in [1.165, 1.54) is 40.3 Å². The maximum atomic E-state index is 13.8. The summed E-state index contributed by atoms with van der Waals surface area (Å²) >= 11 is 0. The third kappa shape index (κ3) is 4.32. The first-order valence-corrected chi connectivity index (χ1v) is 15.6. The van der Waals surface area contributed by atoms with Crippen LogP contribution in [0, 0.1) is 17.3 Å². The predicted octanol–water partition coefficient (Wildman–Crippen LogP) is 8.37. The fraction of sp³-hybridized carbons (Fsp3) is 0.629. The van der Waals surface area contributed by atoms with Gasteiger partial charge in [0.1, 0.15) is 6.17 Å². The molecule has 3 fully saturated rings. The molecule has 4 aliphatic carbocycles. The van der Waals surface area contributed by atoms with Crippen LogP contribution < -0.4 is 0 Å². The average Bonchev–Trinajstić information content (AvgIpc) is 3.49. The Balaban J connectivity index is 1.12. The van der Waals surface area contributed by atoms with Crippen LogP contribution in [0.25, 0.3) is 10.8 Å². The molecule has 39 heavy (non-hydrogen) atoms. The number of hydrogen-bond acceptors (Lipinski definition) is 3. The number of pyridine rings is 1. The van der Waals surface area contributed by atoms with Crippen LogP contribution in [0.2, 0.25) is 0 Å². The molecule has 1 aliphatic heterocycles. The van der Waals surface area contributed by atoms with E-state index in [2.05, 4.69) is 55.2 Å². The van der Waals surface area contributed by atoms with E-state index in [0.29, 0.717) is 37.0 Å². The highest BCUT2D eigenvalue weighted by Gasteiger charge is 2.56. The van der Waals surface area contributed by atoms with E-state index in [-0.39, 0.29) is 17.1 Å². The number of alkyl halides is 1. The van der Waals surface area contributed by atoms with Crippen molar-refractivity contribution >= 4 is 10.8 Å². The van der Waals surface area contributed by atoms with Gasteiger partial charge in [0, 0.05) is 24.2 Å². The van der Waals surface area contributed by atoms with E-state index < -0.39 is 11.8 Å². The summed E-state index contributed by atoms with van der Waals surface area (Å²) in [6, 6.07) is 9.09. The van der Waals surface area contributed by atoms with Crippen molar-refractivity contribution in [2.45, 2.75) is 120 Å². The van der Waals surface area contributed by atoms with Crippen molar-refractivity contribution in [3.63, 3.8) is 0 Å². The first kappa shape index (κ1) is 25.9. The monoisotopic (exact) mass is 529 g/mol. The van der Waals surface area contributed by atoms with Gasteiger partial charge < -0.3 is 9.84 Å². The maximum Gasteiger partial charge on any atom is 0.103 e. The summed E-state index contributed by atoms with van der Waals surface area (Å²) in [7, 11) is 0. The normalized spacial score (nSPS) is 41.5. The number of fused-ring (bicyclic) bond motifs is 5. The second-order valence-corrected chi connectivity index (χ2v) is 13.9. The van der Waals surface area contributed by atoms with Gasteiger partial charge in [-0.3, -0.25) is 4.98 Å². The van der Waals surface area contributed by atoms with Crippen LogP contribution in [0.5, 0.6) is 0 Å². The van der Waals surface area contributed by atoms with Crippen molar-refractivity contribution in [3.05, 3.63) is 65.5 Å². The third-order valence-corrected chi connectivity index (χ3v) is 11.8. The Hall–Kier alpha value is -2.04. The van der Waals surface area contributed by atoms with Crippen LogP contribution in [0.1, 0.15) is 102 Å². The largest absolute Gasteiger partial charge is 0.390 e. The summed E-state index contributed by atoms with van der Waals surface area (Å²) in [5.41, 5.74) is 3.58. The van der Waals surface area contributed by atoms with E-state index in [4.69, 9.17) is 4.74 Å². The molecule has 2 heterocycles. The molecule has 208 valence electrons. The lowest BCUT2D eigenvalue weighted by Crippen LogP contribution is -2.51. The van der Waals surface area contributed by atoms with Crippen molar-refractivity contribution in [1.29, 1.82) is 0 Å². The minimum absolute atomic E-state index is 0.171. The highest BCUT2D eigenvalue weighted by molar-refractivity contribution is 5.82. The number of hydrogen-bond donors (Lipinski definition) is 1. The zero-order chi connectivity index (χ0) is 26.8. The number of aliphatic hydroxyl groups is 1. The van der Waals surface area contributed by atoms with E-state index >= 15 is 0 Å². The van der Waals surface area contributed by atoms with Crippen LogP contribution in [0.3, 0.4) is 0 Å². The van der Waals surface area contributed by atoms with Crippen LogP contribution in [0.15, 0.2) is 60.0 Å². The van der Waals surface area contributed by atoms with Gasteiger partial charge in [-0.1, -0.05) is 38.1 Å². The number of allylic oxidation sites excluding steroid dienone is 1. The van der Waals surface area contributed by atoms with Gasteiger partial charge >= 0.3 is 0 Å². The van der Waals surface area contributed by atoms with E-state index in [9.17, 15) is 9.50 Å². The molecule has 0 amide bonds. The Bertz CT molecular complexity index is 1320. The smallest absolute Gasteiger partial charge is 0.103 e. The maximum absolute atomic E-state index is 13.8. The molecule has 1 aromatic carbocycles. The van der Waals surface area contributed by atoms with Gasteiger partial charge in [0.05, 0.1) is 17.3 Å². The molecule has 4 heteroatoms. The molecule has 0 saturated heterocycles. The zero-order valence-corrected chi connectivity index (χ0v) is 23.7. The molecular formula is C35H44FNO2. The number of aromatic nitrogens is 1. The standard InChI is InChI=1S/C35H44FNO2/c1-3-35-20-23(10-15-34(38)16-12-29(36)21-34)4-7-28(35)19-26-11-14-33(2)30(8-9-31(33)32(26)39-35)25-6-5-24-13-17-37-22-27(24)18-25/h5-6,11,13,17-19,22-23,29-32,38H,3-4,7-10,12,14-16,20-21H2,1-2H3. The molecular weight excluding hydrogens is 485 g/mol. The molecule has 1 N–H and O–H groups in total. The minimum Gasteiger partial charge on any atom is -0.390 e. The Morgan fingerprint density at radius 3 is 2.82 bits per heavy atom. The van der Waals surface area contributed by atoms with E-state index in [1.54, 1.807) is 0 Å². The number of nitrogens with zero attached hydrogens (tertiary/aromatic N) is 1. The highest BCUT2D eigenvalue weighted by Crippen LogP contribution is 2.62. The number of rotatable bonds is 5. The van der Waals surface area contributed by atoms with Crippen molar-refractivity contribution in [3.8, 4) is 0 Å². The molecule has 1 aromatic heterocycles. The van der Waals surface area contributed by atoms with Crippen molar-refractivity contribution in [2.24, 2.45) is 17.3 Å². The van der Waals surface area contributed by atoms with Crippen LogP contribution >= 0.6 is 0 Å². The Morgan fingerprint density at radius 1 is 1.10 bits per heavy atom. The summed E-state index contributed by atoms with van der Waals surface area (Å²) in [4.78, 5) is 4.37. The van der Waals surface area contributed by atoms with Gasteiger partial charge in [-0.2, -0.15) is 0 Å². The number of benzene rings is 1. The quantitative estimate of drug-likeness (QED) is 0.423. The second kappa shape index (κ2) is 9.52. The van der Waals surface area contributed by atoms with E-state index in [0.717, 1.165) is 44.9 Å². The zero-order valence-electron chi connectivity index (χ0n) is 23.7. The summed E-state index contributed by atoms with van der Waals surface area (Å²) in [6.07, 6.45) is 19.2. The summed E-state index contributed by atoms with van der Waals surface area (Å²) in [5, 5.41) is 13.4. The molecule has 8 unspecified atom stereocenters. The van der Waals surface area contributed by atoms with Crippen LogP contribution in [-0.4, -0.2) is 33.6 Å². The van der Waals surface area contributed by atoms with Gasteiger partial charge in [0.2, 0.25) is 0 Å². The Labute approximate surface area is 232 Å². The molecule has 2 aromatic rings. The SMILES string of the molecule is CCC12CC(CCC3(O)CCC(F)C3)CCC1=CC1=CCC3(C)C(c4ccc5ccncc5c4)CCC3C1O2. The summed E-state index contributed by atoms with van der Waals surface area (Å²) in [6.45, 7) is 4.81. The van der Waals surface area contributed by atoms with Crippen molar-refractivity contribution in [1.82, 2.24) is 4.98 Å². The van der Waals surface area contributed by atoms with Gasteiger partial charge in [-0.15, -0.1) is 0 Å². The lowest BCUT2D eigenvalue weighted by Gasteiger charge is -2.53. The number of halogens is 1. The average molecular weight is 530 g/mol. The summed E-state index contributed by atoms with van der Waals surface area (Å²) < 4.78 is 21.2. The fourth-order valence-electron chi connectivity index (χ4n) is 9.40. The molecule has 0 bridgehead atoms. The van der Waals surface area contributed by atoms with Crippen molar-refractivity contribution < 1.29 is 14.2 Å². The van der Waals surface area contributed by atoms with E-state index in [1.807, 2.05) is 12.4 Å². The van der Waals surface area contributed by atoms with Gasteiger partial charge in [0.25, 0.3) is 0 Å². The third-order valence-electron chi connectivity index (χ3n) is 11.8.